The standard InChI is InChI=1S/C19H25N3O2S/c1-12-19(14(3)23)13(2)22(21-12)9-8-18(24)20-10-15-11-25-17-7-5-4-6-16(15)17/h11H,4-10H2,1-3H3,(H,20,24). The SMILES string of the molecule is CC(=O)c1c(C)nn(CCC(=O)NCc2csc3c2CCCC3)c1C. The number of Topliss-reactive ketones (excluding diaryl/α,β-unsaturated/α-hetero) is 1. The van der Waals surface area contributed by atoms with Crippen LogP contribution in [0.25, 0.3) is 0 Å². The molecule has 0 aliphatic heterocycles. The third-order valence-electron chi connectivity index (χ3n) is 4.91. The van der Waals surface area contributed by atoms with Crippen LogP contribution in [0.3, 0.4) is 0 Å². The summed E-state index contributed by atoms with van der Waals surface area (Å²) < 4.78 is 1.76. The molecule has 5 nitrogen and oxygen atoms in total. The Labute approximate surface area is 152 Å². The third kappa shape index (κ3) is 3.84. The van der Waals surface area contributed by atoms with Crippen molar-refractivity contribution in [2.45, 2.75) is 66.0 Å². The van der Waals surface area contributed by atoms with E-state index in [2.05, 4.69) is 15.8 Å². The molecule has 25 heavy (non-hydrogen) atoms. The number of hydrogen-bond acceptors (Lipinski definition) is 4. The van der Waals surface area contributed by atoms with Crippen molar-refractivity contribution in [3.63, 3.8) is 0 Å². The minimum absolute atomic E-state index is 0.0210. The molecule has 1 aliphatic carbocycles. The van der Waals surface area contributed by atoms with Crippen molar-refractivity contribution in [1.29, 1.82) is 0 Å². The van der Waals surface area contributed by atoms with E-state index in [9.17, 15) is 9.59 Å². The molecular formula is C19H25N3O2S. The summed E-state index contributed by atoms with van der Waals surface area (Å²) in [4.78, 5) is 25.4. The van der Waals surface area contributed by atoms with E-state index >= 15 is 0 Å². The number of nitrogens with one attached hydrogen (secondary N) is 1. The van der Waals surface area contributed by atoms with Crippen LogP contribution in [0.5, 0.6) is 0 Å². The van der Waals surface area contributed by atoms with Gasteiger partial charge in [0.2, 0.25) is 5.91 Å². The maximum Gasteiger partial charge on any atom is 0.222 e. The number of hydrogen-bond donors (Lipinski definition) is 1. The van der Waals surface area contributed by atoms with Gasteiger partial charge in [0.1, 0.15) is 0 Å². The molecule has 0 saturated carbocycles. The van der Waals surface area contributed by atoms with Gasteiger partial charge in [-0.2, -0.15) is 5.10 Å². The van der Waals surface area contributed by atoms with Crippen molar-refractivity contribution >= 4 is 23.0 Å². The van der Waals surface area contributed by atoms with Crippen LogP contribution in [-0.2, 0) is 30.7 Å². The maximum atomic E-state index is 12.2. The Kier molecular flexibility index (Phi) is 5.37. The fourth-order valence-corrected chi connectivity index (χ4v) is 4.77. The first-order valence-corrected chi connectivity index (χ1v) is 9.75. The Hall–Kier alpha value is -1.95. The van der Waals surface area contributed by atoms with Crippen LogP contribution in [-0.4, -0.2) is 21.5 Å². The lowest BCUT2D eigenvalue weighted by molar-refractivity contribution is -0.121. The quantitative estimate of drug-likeness (QED) is 0.805. The molecule has 0 aromatic carbocycles. The lowest BCUT2D eigenvalue weighted by atomic mass is 9.96. The molecule has 0 radical (unpaired) electrons. The van der Waals surface area contributed by atoms with Crippen LogP contribution < -0.4 is 5.32 Å². The van der Waals surface area contributed by atoms with Crippen molar-refractivity contribution < 1.29 is 9.59 Å². The summed E-state index contributed by atoms with van der Waals surface area (Å²) in [6, 6.07) is 0. The Morgan fingerprint density at radius 2 is 2.04 bits per heavy atom. The normalized spacial score (nSPS) is 13.6. The number of carbonyl (C=O) groups excluding carboxylic acids is 2. The Balaban J connectivity index is 1.55. The summed E-state index contributed by atoms with van der Waals surface area (Å²) in [5.41, 5.74) is 4.98. The van der Waals surface area contributed by atoms with E-state index in [0.29, 0.717) is 25.1 Å². The first kappa shape index (κ1) is 17.9. The minimum atomic E-state index is 0.0210. The summed E-state index contributed by atoms with van der Waals surface area (Å²) >= 11 is 1.83. The highest BCUT2D eigenvalue weighted by Gasteiger charge is 2.17. The molecule has 6 heteroatoms. The van der Waals surface area contributed by atoms with Gasteiger partial charge in [-0.3, -0.25) is 14.3 Å². The number of nitrogens with zero attached hydrogens (tertiary/aromatic N) is 2. The van der Waals surface area contributed by atoms with Gasteiger partial charge >= 0.3 is 0 Å². The fourth-order valence-electron chi connectivity index (χ4n) is 3.62. The summed E-state index contributed by atoms with van der Waals surface area (Å²) in [5, 5.41) is 9.61. The molecule has 2 heterocycles. The Morgan fingerprint density at radius 3 is 2.76 bits per heavy atom. The van der Waals surface area contributed by atoms with Gasteiger partial charge in [0, 0.05) is 30.1 Å². The number of aryl methyl sites for hydroxylation is 3. The van der Waals surface area contributed by atoms with E-state index in [1.807, 2.05) is 25.2 Å². The molecule has 0 bridgehead atoms. The molecule has 1 amide bonds. The van der Waals surface area contributed by atoms with Gasteiger partial charge in [-0.25, -0.2) is 0 Å². The van der Waals surface area contributed by atoms with E-state index in [4.69, 9.17) is 0 Å². The highest BCUT2D eigenvalue weighted by Crippen LogP contribution is 2.30. The molecule has 134 valence electrons. The first-order chi connectivity index (χ1) is 12.0. The smallest absolute Gasteiger partial charge is 0.222 e. The van der Waals surface area contributed by atoms with Crippen LogP contribution in [0.1, 0.15) is 63.9 Å². The molecule has 3 rings (SSSR count). The molecule has 0 unspecified atom stereocenters. The Morgan fingerprint density at radius 1 is 1.28 bits per heavy atom. The van der Waals surface area contributed by atoms with Crippen molar-refractivity contribution in [1.82, 2.24) is 15.1 Å². The van der Waals surface area contributed by atoms with Crippen molar-refractivity contribution in [2.24, 2.45) is 0 Å². The van der Waals surface area contributed by atoms with Crippen LogP contribution in [0.15, 0.2) is 5.38 Å². The monoisotopic (exact) mass is 359 g/mol. The zero-order chi connectivity index (χ0) is 18.0. The van der Waals surface area contributed by atoms with E-state index < -0.39 is 0 Å². The zero-order valence-electron chi connectivity index (χ0n) is 15.1. The highest BCUT2D eigenvalue weighted by atomic mass is 32.1. The maximum absolute atomic E-state index is 12.2. The molecular weight excluding hydrogens is 334 g/mol. The number of ketones is 1. The Bertz CT molecular complexity index is 804. The topological polar surface area (TPSA) is 64.0 Å². The van der Waals surface area contributed by atoms with Gasteiger partial charge in [0.25, 0.3) is 0 Å². The first-order valence-electron chi connectivity index (χ1n) is 8.87. The molecule has 2 aromatic heterocycles. The van der Waals surface area contributed by atoms with Crippen LogP contribution >= 0.6 is 11.3 Å². The highest BCUT2D eigenvalue weighted by molar-refractivity contribution is 7.10. The lowest BCUT2D eigenvalue weighted by Gasteiger charge is -2.13. The molecule has 1 aliphatic rings. The van der Waals surface area contributed by atoms with Crippen LogP contribution in [0, 0.1) is 13.8 Å². The minimum Gasteiger partial charge on any atom is -0.352 e. The van der Waals surface area contributed by atoms with Gasteiger partial charge < -0.3 is 5.32 Å². The summed E-state index contributed by atoms with van der Waals surface area (Å²) in [5.74, 6) is 0.0422. The number of amides is 1. The van der Waals surface area contributed by atoms with Crippen molar-refractivity contribution in [3.8, 4) is 0 Å². The number of carbonyl (C=O) groups is 2. The van der Waals surface area contributed by atoms with Gasteiger partial charge in [-0.15, -0.1) is 11.3 Å². The average Bonchev–Trinajstić information content (AvgIpc) is 3.11. The molecule has 0 atom stereocenters. The fraction of sp³-hybridized carbons (Fsp3) is 0.526. The summed E-state index contributed by atoms with van der Waals surface area (Å²) in [6.45, 7) is 6.37. The van der Waals surface area contributed by atoms with Gasteiger partial charge in [-0.1, -0.05) is 0 Å². The number of rotatable bonds is 6. The number of aromatic nitrogens is 2. The second kappa shape index (κ2) is 7.52. The van der Waals surface area contributed by atoms with Gasteiger partial charge in [0.05, 0.1) is 11.3 Å². The average molecular weight is 359 g/mol. The largest absolute Gasteiger partial charge is 0.352 e. The third-order valence-corrected chi connectivity index (χ3v) is 6.05. The molecule has 0 spiro atoms. The van der Waals surface area contributed by atoms with Gasteiger partial charge in [-0.05, 0) is 63.0 Å². The second-order valence-electron chi connectivity index (χ2n) is 6.72. The van der Waals surface area contributed by atoms with E-state index in [0.717, 1.165) is 17.8 Å². The van der Waals surface area contributed by atoms with E-state index in [1.165, 1.54) is 35.3 Å². The van der Waals surface area contributed by atoms with Crippen LogP contribution in [0.2, 0.25) is 0 Å². The van der Waals surface area contributed by atoms with Crippen molar-refractivity contribution in [2.75, 3.05) is 0 Å². The van der Waals surface area contributed by atoms with Gasteiger partial charge in [0.15, 0.2) is 5.78 Å². The summed E-state index contributed by atoms with van der Waals surface area (Å²) in [7, 11) is 0. The van der Waals surface area contributed by atoms with E-state index in [1.54, 1.807) is 11.6 Å². The van der Waals surface area contributed by atoms with E-state index in [-0.39, 0.29) is 11.7 Å². The zero-order valence-corrected chi connectivity index (χ0v) is 16.0. The second-order valence-corrected chi connectivity index (χ2v) is 7.69. The molecule has 1 N–H and O–H groups in total. The molecule has 0 saturated heterocycles. The summed E-state index contributed by atoms with van der Waals surface area (Å²) in [6.07, 6.45) is 5.23. The predicted octanol–water partition coefficient (Wildman–Crippen LogP) is 3.35. The molecule has 2 aromatic rings. The number of fused-ring (bicyclic) bond motifs is 1. The van der Waals surface area contributed by atoms with Crippen molar-refractivity contribution in [3.05, 3.63) is 38.3 Å². The number of thiophene rings is 1. The molecule has 0 fully saturated rings. The predicted molar refractivity (Wildman–Crippen MR) is 99.1 cm³/mol. The van der Waals surface area contributed by atoms with Crippen LogP contribution in [0.4, 0.5) is 0 Å². The lowest BCUT2D eigenvalue weighted by Crippen LogP contribution is -2.24.